The summed E-state index contributed by atoms with van der Waals surface area (Å²) < 4.78 is 0. The van der Waals surface area contributed by atoms with Gasteiger partial charge in [0.25, 0.3) is 0 Å². The maximum absolute atomic E-state index is 9.61. The Labute approximate surface area is 134 Å². The molecule has 0 amide bonds. The summed E-state index contributed by atoms with van der Waals surface area (Å²) in [6.45, 7) is 5.78. The number of aromatic hydroxyl groups is 1. The van der Waals surface area contributed by atoms with E-state index in [2.05, 4.69) is 16.3 Å². The van der Waals surface area contributed by atoms with Gasteiger partial charge in [-0.3, -0.25) is 4.90 Å². The highest BCUT2D eigenvalue weighted by Gasteiger charge is 2.26. The van der Waals surface area contributed by atoms with Gasteiger partial charge in [-0.2, -0.15) is 0 Å². The molecule has 21 heavy (non-hydrogen) atoms. The van der Waals surface area contributed by atoms with Crippen LogP contribution in [0.25, 0.3) is 0 Å². The summed E-state index contributed by atoms with van der Waals surface area (Å²) in [4.78, 5) is 2.61. The summed E-state index contributed by atoms with van der Waals surface area (Å²) in [5.74, 6) is 2.15. The molecule has 118 valence electrons. The first-order valence-corrected chi connectivity index (χ1v) is 8.00. The highest BCUT2D eigenvalue weighted by atomic mass is 35.5. The Hall–Kier alpha value is -0.770. The Morgan fingerprint density at radius 1 is 1.05 bits per heavy atom. The number of hydrogen-bond acceptors (Lipinski definition) is 3. The van der Waals surface area contributed by atoms with Gasteiger partial charge in [0.2, 0.25) is 0 Å². The number of nitrogens with zero attached hydrogens (tertiary/aromatic N) is 1. The Kier molecular flexibility index (Phi) is 6.34. The van der Waals surface area contributed by atoms with Crippen LogP contribution >= 0.6 is 12.4 Å². The molecular formula is C17H27ClN2O. The molecule has 0 radical (unpaired) electrons. The molecule has 1 aromatic carbocycles. The zero-order chi connectivity index (χ0) is 13.8. The highest BCUT2D eigenvalue weighted by molar-refractivity contribution is 5.85. The fourth-order valence-electron chi connectivity index (χ4n) is 3.21. The molecule has 2 fully saturated rings. The van der Waals surface area contributed by atoms with Gasteiger partial charge in [-0.05, 0) is 68.3 Å². The van der Waals surface area contributed by atoms with Crippen LogP contribution in [0, 0.1) is 11.8 Å². The van der Waals surface area contributed by atoms with Crippen molar-refractivity contribution in [3.8, 4) is 5.75 Å². The van der Waals surface area contributed by atoms with E-state index in [-0.39, 0.29) is 12.4 Å². The Balaban J connectivity index is 0.00000161. The van der Waals surface area contributed by atoms with Crippen molar-refractivity contribution in [2.75, 3.05) is 26.2 Å². The molecule has 2 aliphatic rings. The van der Waals surface area contributed by atoms with Crippen molar-refractivity contribution < 1.29 is 5.11 Å². The van der Waals surface area contributed by atoms with E-state index in [1.54, 1.807) is 6.07 Å². The van der Waals surface area contributed by atoms with E-state index in [1.165, 1.54) is 57.4 Å². The lowest BCUT2D eigenvalue weighted by Gasteiger charge is -2.30. The average Bonchev–Trinajstić information content (AvgIpc) is 3.24. The van der Waals surface area contributed by atoms with E-state index < -0.39 is 0 Å². The van der Waals surface area contributed by atoms with Crippen molar-refractivity contribution in [3.05, 3.63) is 29.8 Å². The summed E-state index contributed by atoms with van der Waals surface area (Å²) in [5.41, 5.74) is 1.24. The van der Waals surface area contributed by atoms with Crippen LogP contribution in [0.4, 0.5) is 0 Å². The minimum absolute atomic E-state index is 0. The molecule has 1 aromatic rings. The standard InChI is InChI=1S/C17H26N2O.ClH/c20-17-3-1-2-16(10-17)13-19(11-14-4-5-14)12-15-6-8-18-9-7-15;/h1-3,10,14-15,18,20H,4-9,11-13H2;1H. The van der Waals surface area contributed by atoms with Crippen molar-refractivity contribution in [1.29, 1.82) is 0 Å². The van der Waals surface area contributed by atoms with Crippen LogP contribution in [0.1, 0.15) is 31.2 Å². The molecule has 0 aromatic heterocycles. The Bertz CT molecular complexity index is 431. The molecule has 4 heteroatoms. The van der Waals surface area contributed by atoms with Crippen molar-refractivity contribution in [2.24, 2.45) is 11.8 Å². The minimum Gasteiger partial charge on any atom is -0.508 e. The van der Waals surface area contributed by atoms with Crippen molar-refractivity contribution in [2.45, 2.75) is 32.2 Å². The van der Waals surface area contributed by atoms with Gasteiger partial charge in [0.1, 0.15) is 5.75 Å². The average molecular weight is 311 g/mol. The van der Waals surface area contributed by atoms with Crippen LogP contribution in [-0.2, 0) is 6.54 Å². The van der Waals surface area contributed by atoms with Crippen LogP contribution in [0.3, 0.4) is 0 Å². The van der Waals surface area contributed by atoms with Gasteiger partial charge in [0, 0.05) is 19.6 Å². The number of piperidine rings is 1. The number of halogens is 1. The summed E-state index contributed by atoms with van der Waals surface area (Å²) in [6.07, 6.45) is 5.42. The van der Waals surface area contributed by atoms with Crippen molar-refractivity contribution in [1.82, 2.24) is 10.2 Å². The fourth-order valence-corrected chi connectivity index (χ4v) is 3.21. The summed E-state index contributed by atoms with van der Waals surface area (Å²) >= 11 is 0. The molecular weight excluding hydrogens is 284 g/mol. The second-order valence-electron chi connectivity index (χ2n) is 6.50. The molecule has 3 rings (SSSR count). The van der Waals surface area contributed by atoms with Gasteiger partial charge in [-0.15, -0.1) is 12.4 Å². The smallest absolute Gasteiger partial charge is 0.115 e. The number of nitrogens with one attached hydrogen (secondary N) is 1. The Morgan fingerprint density at radius 2 is 1.71 bits per heavy atom. The molecule has 0 atom stereocenters. The molecule has 0 spiro atoms. The van der Waals surface area contributed by atoms with Crippen LogP contribution in [0.15, 0.2) is 24.3 Å². The molecule has 1 saturated carbocycles. The first kappa shape index (κ1) is 16.6. The molecule has 0 unspecified atom stereocenters. The topological polar surface area (TPSA) is 35.5 Å². The molecule has 3 nitrogen and oxygen atoms in total. The highest BCUT2D eigenvalue weighted by Crippen LogP contribution is 2.31. The second-order valence-corrected chi connectivity index (χ2v) is 6.50. The van der Waals surface area contributed by atoms with E-state index in [9.17, 15) is 5.11 Å². The summed E-state index contributed by atoms with van der Waals surface area (Å²) in [5, 5.41) is 13.1. The SMILES string of the molecule is Cl.Oc1cccc(CN(CC2CCNCC2)CC2CC2)c1. The summed E-state index contributed by atoms with van der Waals surface area (Å²) in [7, 11) is 0. The number of hydrogen-bond donors (Lipinski definition) is 2. The number of benzene rings is 1. The molecule has 2 N–H and O–H groups in total. The normalized spacial score (nSPS) is 19.5. The van der Waals surface area contributed by atoms with Crippen molar-refractivity contribution in [3.63, 3.8) is 0 Å². The second kappa shape index (κ2) is 8.02. The maximum Gasteiger partial charge on any atom is 0.115 e. The van der Waals surface area contributed by atoms with Gasteiger partial charge < -0.3 is 10.4 Å². The lowest BCUT2D eigenvalue weighted by Crippen LogP contribution is -2.36. The third kappa shape index (κ3) is 5.50. The molecule has 1 heterocycles. The van der Waals surface area contributed by atoms with Crippen LogP contribution in [0.5, 0.6) is 5.75 Å². The maximum atomic E-state index is 9.61. The molecule has 1 saturated heterocycles. The third-order valence-electron chi connectivity index (χ3n) is 4.51. The molecule has 0 bridgehead atoms. The number of phenols is 1. The van der Waals surface area contributed by atoms with Crippen LogP contribution in [0.2, 0.25) is 0 Å². The van der Waals surface area contributed by atoms with Gasteiger partial charge >= 0.3 is 0 Å². The van der Waals surface area contributed by atoms with Gasteiger partial charge in [0.05, 0.1) is 0 Å². The van der Waals surface area contributed by atoms with Gasteiger partial charge in [0.15, 0.2) is 0 Å². The van der Waals surface area contributed by atoms with E-state index in [4.69, 9.17) is 0 Å². The first-order chi connectivity index (χ1) is 9.79. The van der Waals surface area contributed by atoms with E-state index in [0.717, 1.165) is 18.4 Å². The molecule has 1 aliphatic heterocycles. The molecule has 1 aliphatic carbocycles. The lowest BCUT2D eigenvalue weighted by atomic mass is 9.97. The Morgan fingerprint density at radius 3 is 2.33 bits per heavy atom. The largest absolute Gasteiger partial charge is 0.508 e. The zero-order valence-electron chi connectivity index (χ0n) is 12.6. The van der Waals surface area contributed by atoms with Crippen LogP contribution in [-0.4, -0.2) is 36.2 Å². The van der Waals surface area contributed by atoms with E-state index >= 15 is 0 Å². The van der Waals surface area contributed by atoms with E-state index in [0.29, 0.717) is 5.75 Å². The number of phenolic OH excluding ortho intramolecular Hbond substituents is 1. The van der Waals surface area contributed by atoms with Crippen LogP contribution < -0.4 is 5.32 Å². The monoisotopic (exact) mass is 310 g/mol. The van der Waals surface area contributed by atoms with E-state index in [1.807, 2.05) is 12.1 Å². The third-order valence-corrected chi connectivity index (χ3v) is 4.51. The minimum atomic E-state index is 0. The predicted octanol–water partition coefficient (Wildman–Crippen LogP) is 3.03. The fraction of sp³-hybridized carbons (Fsp3) is 0.647. The summed E-state index contributed by atoms with van der Waals surface area (Å²) in [6, 6.07) is 7.73. The van der Waals surface area contributed by atoms with Gasteiger partial charge in [-0.25, -0.2) is 0 Å². The quantitative estimate of drug-likeness (QED) is 0.848. The zero-order valence-corrected chi connectivity index (χ0v) is 13.4. The first-order valence-electron chi connectivity index (χ1n) is 8.00. The number of rotatable bonds is 6. The van der Waals surface area contributed by atoms with Crippen molar-refractivity contribution >= 4 is 12.4 Å². The van der Waals surface area contributed by atoms with Gasteiger partial charge in [-0.1, -0.05) is 12.1 Å². The lowest BCUT2D eigenvalue weighted by molar-refractivity contribution is 0.191. The predicted molar refractivity (Wildman–Crippen MR) is 88.9 cm³/mol.